The van der Waals surface area contributed by atoms with Gasteiger partial charge in [0.2, 0.25) is 11.8 Å². The lowest BCUT2D eigenvalue weighted by Gasteiger charge is -2.30. The molecule has 0 fully saturated rings. The lowest BCUT2D eigenvalue weighted by atomic mass is 9.86. The Morgan fingerprint density at radius 2 is 1.71 bits per heavy atom. The van der Waals surface area contributed by atoms with Crippen molar-refractivity contribution < 1.29 is 19.2 Å². The number of nitrogens with zero attached hydrogens (tertiary/aromatic N) is 5. The van der Waals surface area contributed by atoms with Crippen molar-refractivity contribution >= 4 is 46.1 Å². The Morgan fingerprint density at radius 1 is 0.923 bits per heavy atom. The van der Waals surface area contributed by atoms with E-state index in [9.17, 15) is 19.2 Å². The van der Waals surface area contributed by atoms with Gasteiger partial charge in [0.05, 0.1) is 23.2 Å². The van der Waals surface area contributed by atoms with Gasteiger partial charge in [-0.15, -0.1) is 0 Å². The molecule has 2 aliphatic heterocycles. The van der Waals surface area contributed by atoms with E-state index < -0.39 is 18.0 Å². The smallest absolute Gasteiger partial charge is 0.322 e. The fourth-order valence-corrected chi connectivity index (χ4v) is 6.45. The molecule has 2 unspecified atom stereocenters. The molecule has 4 aromatic rings. The lowest BCUT2D eigenvalue weighted by Crippen LogP contribution is -2.51. The number of urea groups is 1. The van der Waals surface area contributed by atoms with Gasteiger partial charge in [0.15, 0.2) is 0 Å². The number of carbonyl (C=O) groups is 4. The van der Waals surface area contributed by atoms with E-state index in [-0.39, 0.29) is 29.7 Å². The van der Waals surface area contributed by atoms with Crippen LogP contribution in [-0.4, -0.2) is 74.5 Å². The van der Waals surface area contributed by atoms with Crippen LogP contribution in [-0.2, 0) is 27.5 Å². The van der Waals surface area contributed by atoms with Crippen LogP contribution in [0.2, 0.25) is 0 Å². The maximum atomic E-state index is 14.0. The fourth-order valence-electron chi connectivity index (χ4n) is 6.45. The Labute approximate surface area is 303 Å². The molecule has 0 saturated carbocycles. The quantitative estimate of drug-likeness (QED) is 0.159. The molecule has 2 aromatic carbocycles. The monoisotopic (exact) mass is 703 g/mol. The van der Waals surface area contributed by atoms with Gasteiger partial charge in [-0.2, -0.15) is 5.10 Å². The number of pyridine rings is 2. The van der Waals surface area contributed by atoms with Gasteiger partial charge in [0.1, 0.15) is 6.04 Å². The number of nitrogens with two attached hydrogens (primary N) is 1. The third kappa shape index (κ3) is 8.26. The summed E-state index contributed by atoms with van der Waals surface area (Å²) in [5.74, 6) is -1.29. The van der Waals surface area contributed by atoms with Crippen molar-refractivity contribution in [1.29, 1.82) is 0 Å². The summed E-state index contributed by atoms with van der Waals surface area (Å²) in [6, 6.07) is 17.5. The molecule has 52 heavy (non-hydrogen) atoms. The summed E-state index contributed by atoms with van der Waals surface area (Å²) in [6.45, 7) is 7.09. The number of hydrazone groups is 1. The van der Waals surface area contributed by atoms with E-state index in [0.29, 0.717) is 51.1 Å². The van der Waals surface area contributed by atoms with E-state index in [1.54, 1.807) is 30.4 Å². The molecule has 0 saturated heterocycles. The van der Waals surface area contributed by atoms with Crippen molar-refractivity contribution in [3.63, 3.8) is 0 Å². The van der Waals surface area contributed by atoms with Crippen LogP contribution in [0.4, 0.5) is 10.5 Å². The van der Waals surface area contributed by atoms with Gasteiger partial charge in [-0.3, -0.25) is 24.4 Å². The zero-order valence-electron chi connectivity index (χ0n) is 29.7. The Morgan fingerprint density at radius 3 is 2.48 bits per heavy atom. The molecule has 6 rings (SSSR count). The predicted octanol–water partition coefficient (Wildman–Crippen LogP) is 4.28. The molecule has 0 bridgehead atoms. The minimum Gasteiger partial charge on any atom is -0.354 e. The van der Waals surface area contributed by atoms with Gasteiger partial charge in [-0.05, 0) is 78.3 Å². The number of benzene rings is 2. The Kier molecular flexibility index (Phi) is 11.2. The summed E-state index contributed by atoms with van der Waals surface area (Å²) in [7, 11) is 0. The van der Waals surface area contributed by atoms with Crippen molar-refractivity contribution in [2.75, 3.05) is 18.4 Å². The second-order valence-corrected chi connectivity index (χ2v) is 13.7. The van der Waals surface area contributed by atoms with Gasteiger partial charge in [-0.1, -0.05) is 44.2 Å². The number of anilines is 1. The zero-order chi connectivity index (χ0) is 36.8. The minimum atomic E-state index is -0.723. The van der Waals surface area contributed by atoms with Crippen molar-refractivity contribution in [3.05, 3.63) is 102 Å². The number of amides is 5. The first-order chi connectivity index (χ1) is 25.1. The van der Waals surface area contributed by atoms with Crippen LogP contribution in [0.1, 0.15) is 68.2 Å². The van der Waals surface area contributed by atoms with E-state index >= 15 is 0 Å². The van der Waals surface area contributed by atoms with Gasteiger partial charge < -0.3 is 26.6 Å². The van der Waals surface area contributed by atoms with Gasteiger partial charge in [-0.25, -0.2) is 9.80 Å². The number of nitrogens with one attached hydrogen (secondary N) is 3. The molecule has 5 amide bonds. The molecule has 5 N–H and O–H groups in total. The molecule has 0 radical (unpaired) electrons. The standard InChI is InChI=1S/C39H45N9O4/c1-24(2)35(40)37(50)44-25(3)36(49)43-16-4-5-19-48-38(51)32(30-8-6-10-33-31(30)9-7-17-42-33)20-34(46-48)26-11-13-29(14-12-26)45-39(52)47-22-27-15-18-41-21-28(27)23-47/h6-15,17-18,21,24-25,32,35H,4-5,16,19-20,22-23,40H2,1-3H3,(H,43,49)(H,44,50)(H,45,52)/t25-,32?,35?/m0/s1. The van der Waals surface area contributed by atoms with Crippen LogP contribution in [0.3, 0.4) is 0 Å². The summed E-state index contributed by atoms with van der Waals surface area (Å²) in [5, 5.41) is 15.8. The first-order valence-corrected chi connectivity index (χ1v) is 17.7. The maximum Gasteiger partial charge on any atom is 0.322 e. The molecule has 13 nitrogen and oxygen atoms in total. The average Bonchev–Trinajstić information content (AvgIpc) is 3.60. The third-order valence-corrected chi connectivity index (χ3v) is 9.60. The molecule has 4 heterocycles. The van der Waals surface area contributed by atoms with Crippen LogP contribution in [0.15, 0.2) is 84.4 Å². The van der Waals surface area contributed by atoms with Gasteiger partial charge >= 0.3 is 6.03 Å². The largest absolute Gasteiger partial charge is 0.354 e. The summed E-state index contributed by atoms with van der Waals surface area (Å²) >= 11 is 0. The molecule has 3 atom stereocenters. The summed E-state index contributed by atoms with van der Waals surface area (Å²) < 4.78 is 0. The molecule has 0 spiro atoms. The van der Waals surface area contributed by atoms with Crippen molar-refractivity contribution in [3.8, 4) is 0 Å². The number of rotatable bonds is 12. The maximum absolute atomic E-state index is 14.0. The summed E-state index contributed by atoms with van der Waals surface area (Å²) in [5.41, 5.74) is 12.0. The van der Waals surface area contributed by atoms with Crippen LogP contribution < -0.4 is 21.7 Å². The normalized spacial score (nSPS) is 16.7. The van der Waals surface area contributed by atoms with Crippen LogP contribution in [0.5, 0.6) is 0 Å². The molecular weight excluding hydrogens is 658 g/mol. The highest BCUT2D eigenvalue weighted by Crippen LogP contribution is 2.33. The molecule has 0 aliphatic carbocycles. The van der Waals surface area contributed by atoms with E-state index in [1.165, 1.54) is 5.01 Å². The number of aromatic nitrogens is 2. The molecule has 270 valence electrons. The van der Waals surface area contributed by atoms with Crippen molar-refractivity contribution in [2.45, 2.75) is 71.1 Å². The van der Waals surface area contributed by atoms with Crippen LogP contribution >= 0.6 is 0 Å². The zero-order valence-corrected chi connectivity index (χ0v) is 29.7. The first kappa shape index (κ1) is 36.1. The highest BCUT2D eigenvalue weighted by Gasteiger charge is 2.33. The molecule has 2 aliphatic rings. The fraction of sp³-hybridized carbons (Fsp3) is 0.359. The Hall–Kier alpha value is -5.69. The van der Waals surface area contributed by atoms with Gasteiger partial charge in [0, 0.05) is 62.3 Å². The van der Waals surface area contributed by atoms with Crippen LogP contribution in [0, 0.1) is 5.92 Å². The Balaban J connectivity index is 1.12. The number of carbonyl (C=O) groups excluding carboxylic acids is 4. The second kappa shape index (κ2) is 16.1. The number of unbranched alkanes of at least 4 members (excludes halogenated alkanes) is 1. The van der Waals surface area contributed by atoms with Crippen LogP contribution in [0.25, 0.3) is 10.9 Å². The average molecular weight is 704 g/mol. The lowest BCUT2D eigenvalue weighted by molar-refractivity contribution is -0.133. The molecular formula is C39H45N9O4. The summed E-state index contributed by atoms with van der Waals surface area (Å²) in [6.07, 6.45) is 6.86. The minimum absolute atomic E-state index is 0.0442. The first-order valence-electron chi connectivity index (χ1n) is 17.7. The molecule has 13 heteroatoms. The SMILES string of the molecule is CC(C)C(N)C(=O)N[C@@H](C)C(=O)NCCCCN1N=C(c2ccc(NC(=O)N3Cc4ccncc4C3)cc2)CC(c2cccc3ncccc23)C1=O. The topological polar surface area (TPSA) is 175 Å². The van der Waals surface area contributed by atoms with E-state index in [2.05, 4.69) is 25.9 Å². The number of fused-ring (bicyclic) bond motifs is 2. The number of hydrogen-bond acceptors (Lipinski definition) is 8. The van der Waals surface area contributed by atoms with Gasteiger partial charge in [0.25, 0.3) is 5.91 Å². The van der Waals surface area contributed by atoms with E-state index in [0.717, 1.165) is 38.9 Å². The van der Waals surface area contributed by atoms with E-state index in [4.69, 9.17) is 10.8 Å². The third-order valence-electron chi connectivity index (χ3n) is 9.60. The second-order valence-electron chi connectivity index (χ2n) is 13.7. The van der Waals surface area contributed by atoms with Crippen molar-refractivity contribution in [1.82, 2.24) is 30.5 Å². The highest BCUT2D eigenvalue weighted by molar-refractivity contribution is 6.07. The number of hydrogen-bond donors (Lipinski definition) is 4. The Bertz CT molecular complexity index is 1950. The van der Waals surface area contributed by atoms with Crippen molar-refractivity contribution in [2.24, 2.45) is 16.8 Å². The summed E-state index contributed by atoms with van der Waals surface area (Å²) in [4.78, 5) is 62.3. The highest BCUT2D eigenvalue weighted by atomic mass is 16.2. The predicted molar refractivity (Wildman–Crippen MR) is 199 cm³/mol. The molecule has 2 aromatic heterocycles. The van der Waals surface area contributed by atoms with E-state index in [1.807, 2.05) is 74.5 Å².